The predicted molar refractivity (Wildman–Crippen MR) is 75.5 cm³/mol. The molecule has 0 aromatic carbocycles. The molecule has 1 saturated heterocycles. The number of hydrogen-bond acceptors (Lipinski definition) is 3. The molecule has 17 heavy (non-hydrogen) atoms. The van der Waals surface area contributed by atoms with Gasteiger partial charge in [-0.05, 0) is 61.2 Å². The van der Waals surface area contributed by atoms with Crippen molar-refractivity contribution in [2.75, 3.05) is 33.7 Å². The minimum absolute atomic E-state index is 0.227. The van der Waals surface area contributed by atoms with Crippen molar-refractivity contribution in [1.29, 1.82) is 0 Å². The first kappa shape index (κ1) is 14.9. The monoisotopic (exact) mass is 241 g/mol. The van der Waals surface area contributed by atoms with E-state index >= 15 is 0 Å². The first-order valence-electron chi connectivity index (χ1n) is 6.95. The Balaban J connectivity index is 2.38. The maximum Gasteiger partial charge on any atom is 0.0217 e. The zero-order valence-corrected chi connectivity index (χ0v) is 12.6. The third-order valence-corrected chi connectivity index (χ3v) is 3.71. The second kappa shape index (κ2) is 6.17. The standard InChI is InChI=1S/C14H31N3/c1-12(10-15-14(2,3)4)17-9-7-8-13(11-17)16(5)6/h12-13,15H,7-11H2,1-6H3. The highest BCUT2D eigenvalue weighted by Crippen LogP contribution is 2.16. The molecule has 1 heterocycles. The number of nitrogens with zero attached hydrogens (tertiary/aromatic N) is 2. The van der Waals surface area contributed by atoms with E-state index in [9.17, 15) is 0 Å². The van der Waals surface area contributed by atoms with Gasteiger partial charge in [-0.15, -0.1) is 0 Å². The van der Waals surface area contributed by atoms with Crippen LogP contribution in [0.4, 0.5) is 0 Å². The fraction of sp³-hybridized carbons (Fsp3) is 1.00. The van der Waals surface area contributed by atoms with Crippen molar-refractivity contribution in [2.45, 2.75) is 58.2 Å². The summed E-state index contributed by atoms with van der Waals surface area (Å²) in [6.45, 7) is 12.6. The van der Waals surface area contributed by atoms with Crippen LogP contribution in [-0.2, 0) is 0 Å². The molecule has 0 aromatic rings. The number of nitrogens with one attached hydrogen (secondary N) is 1. The minimum Gasteiger partial charge on any atom is -0.311 e. The van der Waals surface area contributed by atoms with Gasteiger partial charge in [0.05, 0.1) is 0 Å². The van der Waals surface area contributed by atoms with E-state index in [1.807, 2.05) is 0 Å². The van der Waals surface area contributed by atoms with Gasteiger partial charge in [0.15, 0.2) is 0 Å². The zero-order chi connectivity index (χ0) is 13.1. The van der Waals surface area contributed by atoms with Gasteiger partial charge in [0.2, 0.25) is 0 Å². The number of likely N-dealkylation sites (tertiary alicyclic amines) is 1. The molecule has 1 fully saturated rings. The van der Waals surface area contributed by atoms with Crippen LogP contribution in [0.5, 0.6) is 0 Å². The molecular weight excluding hydrogens is 210 g/mol. The molecule has 0 saturated carbocycles. The van der Waals surface area contributed by atoms with Gasteiger partial charge in [-0.2, -0.15) is 0 Å². The first-order chi connectivity index (χ1) is 7.79. The zero-order valence-electron chi connectivity index (χ0n) is 12.6. The topological polar surface area (TPSA) is 18.5 Å². The van der Waals surface area contributed by atoms with Crippen LogP contribution in [0.1, 0.15) is 40.5 Å². The summed E-state index contributed by atoms with van der Waals surface area (Å²) in [5, 5.41) is 3.61. The molecule has 0 aliphatic carbocycles. The van der Waals surface area contributed by atoms with Crippen molar-refractivity contribution in [3.05, 3.63) is 0 Å². The summed E-state index contributed by atoms with van der Waals surface area (Å²) in [6, 6.07) is 1.37. The van der Waals surface area contributed by atoms with E-state index in [4.69, 9.17) is 0 Å². The Labute approximate surface area is 108 Å². The van der Waals surface area contributed by atoms with Crippen molar-refractivity contribution in [2.24, 2.45) is 0 Å². The lowest BCUT2D eigenvalue weighted by Gasteiger charge is -2.40. The second-order valence-electron chi connectivity index (χ2n) is 6.73. The summed E-state index contributed by atoms with van der Waals surface area (Å²) in [5.74, 6) is 0. The Morgan fingerprint density at radius 1 is 1.35 bits per heavy atom. The molecule has 3 heteroatoms. The summed E-state index contributed by atoms with van der Waals surface area (Å²) in [4.78, 5) is 5.00. The van der Waals surface area contributed by atoms with Gasteiger partial charge >= 0.3 is 0 Å². The summed E-state index contributed by atoms with van der Waals surface area (Å²) in [5.41, 5.74) is 0.227. The van der Waals surface area contributed by atoms with Crippen molar-refractivity contribution < 1.29 is 0 Å². The Kier molecular flexibility index (Phi) is 5.42. The van der Waals surface area contributed by atoms with E-state index in [1.165, 1.54) is 25.9 Å². The maximum absolute atomic E-state index is 3.61. The highest BCUT2D eigenvalue weighted by molar-refractivity contribution is 4.83. The van der Waals surface area contributed by atoms with Crippen LogP contribution in [0, 0.1) is 0 Å². The minimum atomic E-state index is 0.227. The van der Waals surface area contributed by atoms with E-state index in [2.05, 4.69) is 56.9 Å². The van der Waals surface area contributed by atoms with Crippen LogP contribution in [0.15, 0.2) is 0 Å². The lowest BCUT2D eigenvalue weighted by atomic mass is 10.0. The van der Waals surface area contributed by atoms with Gasteiger partial charge < -0.3 is 10.2 Å². The SMILES string of the molecule is CC(CNC(C)(C)C)N1CCCC(N(C)C)C1. The van der Waals surface area contributed by atoms with Crippen LogP contribution >= 0.6 is 0 Å². The van der Waals surface area contributed by atoms with Crippen molar-refractivity contribution in [3.8, 4) is 0 Å². The lowest BCUT2D eigenvalue weighted by Crippen LogP contribution is -2.52. The molecule has 0 amide bonds. The van der Waals surface area contributed by atoms with Gasteiger partial charge in [-0.25, -0.2) is 0 Å². The fourth-order valence-corrected chi connectivity index (χ4v) is 2.39. The Morgan fingerprint density at radius 2 is 2.00 bits per heavy atom. The van der Waals surface area contributed by atoms with Crippen LogP contribution in [0.3, 0.4) is 0 Å². The number of rotatable bonds is 4. The van der Waals surface area contributed by atoms with Crippen LogP contribution in [0.2, 0.25) is 0 Å². The fourth-order valence-electron chi connectivity index (χ4n) is 2.39. The van der Waals surface area contributed by atoms with Crippen molar-refractivity contribution in [1.82, 2.24) is 15.1 Å². The van der Waals surface area contributed by atoms with Crippen LogP contribution < -0.4 is 5.32 Å². The van der Waals surface area contributed by atoms with Gasteiger partial charge in [-0.1, -0.05) is 0 Å². The number of piperidine rings is 1. The van der Waals surface area contributed by atoms with Crippen molar-refractivity contribution in [3.63, 3.8) is 0 Å². The van der Waals surface area contributed by atoms with E-state index in [0.29, 0.717) is 6.04 Å². The Hall–Kier alpha value is -0.120. The molecule has 1 aliphatic heterocycles. The van der Waals surface area contributed by atoms with E-state index in [0.717, 1.165) is 12.6 Å². The van der Waals surface area contributed by atoms with E-state index < -0.39 is 0 Å². The van der Waals surface area contributed by atoms with Gasteiger partial charge in [0.1, 0.15) is 0 Å². The molecule has 1 N–H and O–H groups in total. The van der Waals surface area contributed by atoms with Gasteiger partial charge in [0.25, 0.3) is 0 Å². The number of likely N-dealkylation sites (N-methyl/N-ethyl adjacent to an activating group) is 1. The molecule has 0 radical (unpaired) electrons. The predicted octanol–water partition coefficient (Wildman–Crippen LogP) is 1.79. The van der Waals surface area contributed by atoms with Crippen LogP contribution in [0.25, 0.3) is 0 Å². The average Bonchev–Trinajstić information content (AvgIpc) is 2.25. The number of hydrogen-bond donors (Lipinski definition) is 1. The molecule has 0 spiro atoms. The third-order valence-electron chi connectivity index (χ3n) is 3.71. The molecule has 2 unspecified atom stereocenters. The van der Waals surface area contributed by atoms with Crippen LogP contribution in [-0.4, -0.2) is 61.2 Å². The average molecular weight is 241 g/mol. The quantitative estimate of drug-likeness (QED) is 0.809. The van der Waals surface area contributed by atoms with Crippen molar-refractivity contribution >= 4 is 0 Å². The molecule has 1 aliphatic rings. The van der Waals surface area contributed by atoms with Gasteiger partial charge in [0, 0.05) is 30.7 Å². The van der Waals surface area contributed by atoms with E-state index in [1.54, 1.807) is 0 Å². The maximum atomic E-state index is 3.61. The van der Waals surface area contributed by atoms with Gasteiger partial charge in [-0.3, -0.25) is 4.90 Å². The smallest absolute Gasteiger partial charge is 0.0217 e. The summed E-state index contributed by atoms with van der Waals surface area (Å²) in [6.07, 6.45) is 2.69. The third kappa shape index (κ3) is 5.36. The molecule has 102 valence electrons. The lowest BCUT2D eigenvalue weighted by molar-refractivity contribution is 0.0988. The summed E-state index contributed by atoms with van der Waals surface area (Å²) < 4.78 is 0. The molecule has 1 rings (SSSR count). The normalized spacial score (nSPS) is 25.2. The summed E-state index contributed by atoms with van der Waals surface area (Å²) >= 11 is 0. The molecule has 0 aromatic heterocycles. The Morgan fingerprint density at radius 3 is 2.53 bits per heavy atom. The van der Waals surface area contributed by atoms with E-state index in [-0.39, 0.29) is 5.54 Å². The molecular formula is C14H31N3. The first-order valence-corrected chi connectivity index (χ1v) is 6.95. The second-order valence-corrected chi connectivity index (χ2v) is 6.73. The molecule has 2 atom stereocenters. The Bertz CT molecular complexity index is 220. The highest BCUT2D eigenvalue weighted by atomic mass is 15.2. The molecule has 3 nitrogen and oxygen atoms in total. The molecule has 0 bridgehead atoms. The highest BCUT2D eigenvalue weighted by Gasteiger charge is 2.25. The summed E-state index contributed by atoms with van der Waals surface area (Å²) in [7, 11) is 4.40. The largest absolute Gasteiger partial charge is 0.311 e.